The van der Waals surface area contributed by atoms with Crippen molar-refractivity contribution in [3.63, 3.8) is 0 Å². The second kappa shape index (κ2) is 8.24. The fourth-order valence-electron chi connectivity index (χ4n) is 4.11. The van der Waals surface area contributed by atoms with Gasteiger partial charge in [0, 0.05) is 19.0 Å². The molecule has 2 fully saturated rings. The van der Waals surface area contributed by atoms with Gasteiger partial charge >= 0.3 is 12.1 Å². The molecule has 0 aromatic heterocycles. The summed E-state index contributed by atoms with van der Waals surface area (Å²) in [6.45, 7) is 1.75. The third-order valence-corrected chi connectivity index (χ3v) is 5.92. The predicted molar refractivity (Wildman–Crippen MR) is 110 cm³/mol. The molecule has 1 heterocycles. The molecule has 0 radical (unpaired) electrons. The van der Waals surface area contributed by atoms with Crippen molar-refractivity contribution in [2.45, 2.75) is 31.4 Å². The van der Waals surface area contributed by atoms with Crippen molar-refractivity contribution >= 4 is 23.3 Å². The molecule has 1 aliphatic heterocycles. The van der Waals surface area contributed by atoms with Crippen molar-refractivity contribution in [2.75, 3.05) is 30.4 Å². The standard InChI is InChI=1S/C23H23F3N2O3/c1-31-22(30)15-6-9-20(28-10-2-3-11-28)19(12-15)27-21(29)18-13-17(18)14-4-7-16(8-5-14)23(24,25)26/h4-9,12,17-18H,2-3,10-11,13H2,1H3,(H,27,29). The maximum atomic E-state index is 12.9. The lowest BCUT2D eigenvalue weighted by Gasteiger charge is -2.22. The number of halogens is 3. The van der Waals surface area contributed by atoms with Gasteiger partial charge in [-0.15, -0.1) is 0 Å². The number of esters is 1. The van der Waals surface area contributed by atoms with Crippen LogP contribution < -0.4 is 10.2 Å². The number of nitrogens with zero attached hydrogens (tertiary/aromatic N) is 1. The Morgan fingerprint density at radius 3 is 2.35 bits per heavy atom. The van der Waals surface area contributed by atoms with E-state index in [9.17, 15) is 22.8 Å². The largest absolute Gasteiger partial charge is 0.465 e. The summed E-state index contributed by atoms with van der Waals surface area (Å²) >= 11 is 0. The lowest BCUT2D eigenvalue weighted by molar-refractivity contribution is -0.137. The first kappa shape index (κ1) is 21.2. The molecule has 31 heavy (non-hydrogen) atoms. The zero-order chi connectivity index (χ0) is 22.2. The van der Waals surface area contributed by atoms with Crippen LogP contribution in [0.4, 0.5) is 24.5 Å². The van der Waals surface area contributed by atoms with Crippen LogP contribution in [0, 0.1) is 5.92 Å². The number of nitrogens with one attached hydrogen (secondary N) is 1. The van der Waals surface area contributed by atoms with Crippen molar-refractivity contribution in [3.05, 3.63) is 59.2 Å². The monoisotopic (exact) mass is 432 g/mol. The van der Waals surface area contributed by atoms with E-state index < -0.39 is 17.7 Å². The first-order chi connectivity index (χ1) is 14.8. The quantitative estimate of drug-likeness (QED) is 0.688. The molecule has 0 spiro atoms. The number of alkyl halides is 3. The Kier molecular flexibility index (Phi) is 5.64. The highest BCUT2D eigenvalue weighted by atomic mass is 19.4. The number of methoxy groups -OCH3 is 1. The Morgan fingerprint density at radius 1 is 1.06 bits per heavy atom. The highest BCUT2D eigenvalue weighted by molar-refractivity contribution is 6.00. The number of carbonyl (C=O) groups excluding carboxylic acids is 2. The number of rotatable bonds is 5. The molecule has 2 unspecified atom stereocenters. The van der Waals surface area contributed by atoms with Crippen molar-refractivity contribution in [2.24, 2.45) is 5.92 Å². The van der Waals surface area contributed by atoms with Crippen molar-refractivity contribution in [3.8, 4) is 0 Å². The smallest absolute Gasteiger partial charge is 0.416 e. The molecule has 4 rings (SSSR count). The summed E-state index contributed by atoms with van der Waals surface area (Å²) in [5, 5.41) is 2.94. The lowest BCUT2D eigenvalue weighted by Crippen LogP contribution is -2.22. The van der Waals surface area contributed by atoms with Gasteiger partial charge in [-0.2, -0.15) is 13.2 Å². The number of ether oxygens (including phenoxy) is 1. The molecule has 2 atom stereocenters. The van der Waals surface area contributed by atoms with Gasteiger partial charge in [-0.1, -0.05) is 12.1 Å². The van der Waals surface area contributed by atoms with E-state index >= 15 is 0 Å². The minimum Gasteiger partial charge on any atom is -0.465 e. The minimum atomic E-state index is -4.38. The average molecular weight is 432 g/mol. The van der Waals surface area contributed by atoms with Gasteiger partial charge in [-0.25, -0.2) is 4.79 Å². The van der Waals surface area contributed by atoms with E-state index in [0.717, 1.165) is 49.3 Å². The summed E-state index contributed by atoms with van der Waals surface area (Å²) in [6, 6.07) is 10.1. The first-order valence-corrected chi connectivity index (χ1v) is 10.2. The Balaban J connectivity index is 1.50. The number of amides is 1. The van der Waals surface area contributed by atoms with Gasteiger partial charge < -0.3 is 15.0 Å². The topological polar surface area (TPSA) is 58.6 Å². The van der Waals surface area contributed by atoms with E-state index in [0.29, 0.717) is 17.7 Å². The summed E-state index contributed by atoms with van der Waals surface area (Å²) in [5.41, 5.74) is 1.76. The van der Waals surface area contributed by atoms with Crippen LogP contribution in [-0.2, 0) is 15.7 Å². The molecule has 1 saturated carbocycles. The highest BCUT2D eigenvalue weighted by Gasteiger charge is 2.44. The van der Waals surface area contributed by atoms with Crippen LogP contribution >= 0.6 is 0 Å². The SMILES string of the molecule is COC(=O)c1ccc(N2CCCC2)c(NC(=O)C2CC2c2ccc(C(F)(F)F)cc2)c1. The Morgan fingerprint density at radius 2 is 1.74 bits per heavy atom. The van der Waals surface area contributed by atoms with Gasteiger partial charge in [0.05, 0.1) is 29.6 Å². The first-order valence-electron chi connectivity index (χ1n) is 10.2. The molecule has 2 aromatic carbocycles. The predicted octanol–water partition coefficient (Wildman–Crippen LogP) is 4.83. The summed E-state index contributed by atoms with van der Waals surface area (Å²) in [4.78, 5) is 27.0. The second-order valence-corrected chi connectivity index (χ2v) is 7.98. The molecular formula is C23H23F3N2O3. The fourth-order valence-corrected chi connectivity index (χ4v) is 4.11. The van der Waals surface area contributed by atoms with E-state index in [4.69, 9.17) is 4.74 Å². The van der Waals surface area contributed by atoms with Crippen LogP contribution in [0.3, 0.4) is 0 Å². The van der Waals surface area contributed by atoms with Gasteiger partial charge in [-0.05, 0) is 61.1 Å². The maximum absolute atomic E-state index is 12.9. The van der Waals surface area contributed by atoms with Gasteiger partial charge in [0.2, 0.25) is 5.91 Å². The zero-order valence-corrected chi connectivity index (χ0v) is 17.0. The van der Waals surface area contributed by atoms with Crippen LogP contribution in [0.1, 0.15) is 46.7 Å². The van der Waals surface area contributed by atoms with Crippen LogP contribution in [0.5, 0.6) is 0 Å². The molecule has 5 nitrogen and oxygen atoms in total. The van der Waals surface area contributed by atoms with E-state index in [-0.39, 0.29) is 17.7 Å². The van der Waals surface area contributed by atoms with Crippen molar-refractivity contribution < 1.29 is 27.5 Å². The van der Waals surface area contributed by atoms with Crippen LogP contribution in [-0.4, -0.2) is 32.1 Å². The fraction of sp³-hybridized carbons (Fsp3) is 0.391. The summed E-state index contributed by atoms with van der Waals surface area (Å²) in [6.07, 6.45) is -1.68. The summed E-state index contributed by atoms with van der Waals surface area (Å²) in [5.74, 6) is -1.11. The number of hydrogen-bond donors (Lipinski definition) is 1. The van der Waals surface area contributed by atoms with Gasteiger partial charge in [0.1, 0.15) is 0 Å². The van der Waals surface area contributed by atoms with Crippen molar-refractivity contribution in [1.82, 2.24) is 0 Å². The Labute approximate surface area is 178 Å². The number of benzene rings is 2. The van der Waals surface area contributed by atoms with Gasteiger partial charge in [-0.3, -0.25) is 4.79 Å². The van der Waals surface area contributed by atoms with Gasteiger partial charge in [0.25, 0.3) is 0 Å². The third-order valence-electron chi connectivity index (χ3n) is 5.92. The highest BCUT2D eigenvalue weighted by Crippen LogP contribution is 2.48. The van der Waals surface area contributed by atoms with E-state index in [2.05, 4.69) is 10.2 Å². The minimum absolute atomic E-state index is 0.110. The summed E-state index contributed by atoms with van der Waals surface area (Å²) in [7, 11) is 1.30. The molecule has 8 heteroatoms. The normalized spacial score (nSPS) is 20.5. The van der Waals surface area contributed by atoms with Gasteiger partial charge in [0.15, 0.2) is 0 Å². The van der Waals surface area contributed by atoms with E-state index in [1.807, 2.05) is 6.07 Å². The summed E-state index contributed by atoms with van der Waals surface area (Å²) < 4.78 is 43.1. The molecule has 164 valence electrons. The molecular weight excluding hydrogens is 409 g/mol. The van der Waals surface area contributed by atoms with E-state index in [1.165, 1.54) is 19.2 Å². The Hall–Kier alpha value is -3.03. The molecule has 0 bridgehead atoms. The molecule has 2 aliphatic rings. The number of hydrogen-bond acceptors (Lipinski definition) is 4. The Bertz CT molecular complexity index is 983. The number of anilines is 2. The zero-order valence-electron chi connectivity index (χ0n) is 17.0. The maximum Gasteiger partial charge on any atom is 0.416 e. The molecule has 1 aliphatic carbocycles. The lowest BCUT2D eigenvalue weighted by atomic mass is 10.1. The average Bonchev–Trinajstić information content (AvgIpc) is 3.38. The van der Waals surface area contributed by atoms with Crippen LogP contribution in [0.25, 0.3) is 0 Å². The third kappa shape index (κ3) is 4.52. The van der Waals surface area contributed by atoms with Crippen LogP contribution in [0.2, 0.25) is 0 Å². The van der Waals surface area contributed by atoms with E-state index in [1.54, 1.807) is 12.1 Å². The van der Waals surface area contributed by atoms with Crippen LogP contribution in [0.15, 0.2) is 42.5 Å². The molecule has 1 amide bonds. The van der Waals surface area contributed by atoms with Crippen molar-refractivity contribution in [1.29, 1.82) is 0 Å². The second-order valence-electron chi connectivity index (χ2n) is 7.98. The molecule has 2 aromatic rings. The molecule has 1 N–H and O–H groups in total. The molecule has 1 saturated heterocycles. The number of carbonyl (C=O) groups is 2.